The van der Waals surface area contributed by atoms with Gasteiger partial charge in [0.2, 0.25) is 0 Å². The van der Waals surface area contributed by atoms with Gasteiger partial charge in [-0.15, -0.1) is 0 Å². The van der Waals surface area contributed by atoms with Gasteiger partial charge in [-0.3, -0.25) is 0 Å². The molecule has 2 rings (SSSR count). The zero-order valence-corrected chi connectivity index (χ0v) is 11.2. The Labute approximate surface area is 115 Å². The monoisotopic (exact) mass is 284 g/mol. The van der Waals surface area contributed by atoms with Gasteiger partial charge in [-0.05, 0) is 42.3 Å². The summed E-state index contributed by atoms with van der Waals surface area (Å²) in [4.78, 5) is 4.03. The highest BCUT2D eigenvalue weighted by Crippen LogP contribution is 2.18. The number of anilines is 1. The second-order valence-corrected chi connectivity index (χ2v) is 4.76. The number of nitrogens with one attached hydrogen (secondary N) is 1. The van der Waals surface area contributed by atoms with Crippen LogP contribution in [0, 0.1) is 12.7 Å². The van der Waals surface area contributed by atoms with E-state index in [1.807, 2.05) is 13.0 Å². The van der Waals surface area contributed by atoms with Gasteiger partial charge in [0.25, 0.3) is 0 Å². The molecule has 1 N–H and O–H groups in total. The lowest BCUT2D eigenvalue weighted by Crippen LogP contribution is -2.01. The first-order valence-electron chi connectivity index (χ1n) is 5.35. The Kier molecular flexibility index (Phi) is 4.04. The third-order valence-corrected chi connectivity index (χ3v) is 3.05. The summed E-state index contributed by atoms with van der Waals surface area (Å²) < 4.78 is 13.1. The predicted molar refractivity (Wildman–Crippen MR) is 72.7 cm³/mol. The summed E-state index contributed by atoms with van der Waals surface area (Å²) in [6.07, 6.45) is 1.64. The van der Waals surface area contributed by atoms with Gasteiger partial charge in [-0.2, -0.15) is 0 Å². The van der Waals surface area contributed by atoms with Crippen LogP contribution in [0.3, 0.4) is 0 Å². The molecule has 1 aromatic carbocycles. The predicted octanol–water partition coefficient (Wildman–Crippen LogP) is 4.45. The fourth-order valence-corrected chi connectivity index (χ4v) is 1.92. The third kappa shape index (κ3) is 3.34. The maximum absolute atomic E-state index is 13.1. The molecule has 0 saturated heterocycles. The number of nitrogens with zero attached hydrogens (tertiary/aromatic N) is 1. The number of halogens is 3. The Morgan fingerprint density at radius 2 is 2.00 bits per heavy atom. The first kappa shape index (κ1) is 13.1. The van der Waals surface area contributed by atoms with Gasteiger partial charge in [-0.1, -0.05) is 23.2 Å². The van der Waals surface area contributed by atoms with E-state index < -0.39 is 0 Å². The second kappa shape index (κ2) is 5.55. The van der Waals surface area contributed by atoms with Gasteiger partial charge >= 0.3 is 0 Å². The molecule has 0 spiro atoms. The maximum atomic E-state index is 13.1. The molecule has 0 amide bonds. The van der Waals surface area contributed by atoms with E-state index >= 15 is 0 Å². The average Bonchev–Trinajstić information content (AvgIpc) is 2.29. The molecule has 0 atom stereocenters. The van der Waals surface area contributed by atoms with Crippen molar-refractivity contribution in [3.8, 4) is 0 Å². The molecule has 1 heterocycles. The largest absolute Gasteiger partial charge is 0.380 e. The molecule has 1 aromatic heterocycles. The van der Waals surface area contributed by atoms with E-state index in [2.05, 4.69) is 10.3 Å². The highest BCUT2D eigenvalue weighted by Gasteiger charge is 2.01. The molecule has 0 radical (unpaired) electrons. The van der Waals surface area contributed by atoms with E-state index in [1.165, 1.54) is 12.1 Å². The van der Waals surface area contributed by atoms with Crippen LogP contribution in [0.5, 0.6) is 0 Å². The van der Waals surface area contributed by atoms with Gasteiger partial charge in [0.1, 0.15) is 11.0 Å². The summed E-state index contributed by atoms with van der Waals surface area (Å²) in [6, 6.07) is 6.32. The van der Waals surface area contributed by atoms with Crippen molar-refractivity contribution in [3.05, 3.63) is 57.6 Å². The third-order valence-electron chi connectivity index (χ3n) is 2.43. The van der Waals surface area contributed by atoms with Crippen LogP contribution < -0.4 is 5.32 Å². The Morgan fingerprint density at radius 1 is 1.22 bits per heavy atom. The molecule has 5 heteroatoms. The van der Waals surface area contributed by atoms with Crippen molar-refractivity contribution in [2.24, 2.45) is 0 Å². The van der Waals surface area contributed by atoms with E-state index in [0.717, 1.165) is 16.8 Å². The summed E-state index contributed by atoms with van der Waals surface area (Å²) in [5.41, 5.74) is 2.49. The smallest absolute Gasteiger partial charge is 0.132 e. The maximum Gasteiger partial charge on any atom is 0.132 e. The molecule has 0 unspecified atom stereocenters. The molecule has 0 aliphatic rings. The van der Waals surface area contributed by atoms with Crippen LogP contribution in [-0.2, 0) is 6.54 Å². The van der Waals surface area contributed by atoms with Crippen molar-refractivity contribution < 1.29 is 4.39 Å². The minimum Gasteiger partial charge on any atom is -0.380 e. The lowest BCUT2D eigenvalue weighted by Gasteiger charge is -2.08. The van der Waals surface area contributed by atoms with E-state index in [0.29, 0.717) is 16.7 Å². The standard InChI is InChI=1S/C13H11Cl2FN2/c1-8-2-12(7-18-13(8)15)17-6-9-3-10(14)5-11(16)4-9/h2-5,7,17H,6H2,1H3. The first-order chi connectivity index (χ1) is 8.54. The van der Waals surface area contributed by atoms with Crippen LogP contribution in [0.25, 0.3) is 0 Å². The Morgan fingerprint density at radius 3 is 2.67 bits per heavy atom. The van der Waals surface area contributed by atoms with Crippen LogP contribution in [0.2, 0.25) is 10.2 Å². The quantitative estimate of drug-likeness (QED) is 0.843. The zero-order valence-electron chi connectivity index (χ0n) is 9.67. The summed E-state index contributed by atoms with van der Waals surface area (Å²) in [7, 11) is 0. The number of hydrogen-bond acceptors (Lipinski definition) is 2. The summed E-state index contributed by atoms with van der Waals surface area (Å²) in [5.74, 6) is -0.343. The van der Waals surface area contributed by atoms with Crippen molar-refractivity contribution >= 4 is 28.9 Å². The molecular formula is C13H11Cl2FN2. The average molecular weight is 285 g/mol. The van der Waals surface area contributed by atoms with Crippen molar-refractivity contribution in [3.63, 3.8) is 0 Å². The summed E-state index contributed by atoms with van der Waals surface area (Å²) in [5, 5.41) is 4.00. The second-order valence-electron chi connectivity index (χ2n) is 3.96. The van der Waals surface area contributed by atoms with Crippen LogP contribution in [0.1, 0.15) is 11.1 Å². The summed E-state index contributed by atoms with van der Waals surface area (Å²) >= 11 is 11.6. The van der Waals surface area contributed by atoms with Crippen molar-refractivity contribution in [1.29, 1.82) is 0 Å². The van der Waals surface area contributed by atoms with Crippen LogP contribution in [-0.4, -0.2) is 4.98 Å². The molecule has 0 aliphatic carbocycles. The lowest BCUT2D eigenvalue weighted by atomic mass is 10.2. The van der Waals surface area contributed by atoms with Gasteiger partial charge in [0.05, 0.1) is 11.9 Å². The Hall–Kier alpha value is -1.32. The van der Waals surface area contributed by atoms with Crippen LogP contribution in [0.4, 0.5) is 10.1 Å². The van der Waals surface area contributed by atoms with E-state index in [1.54, 1.807) is 12.3 Å². The molecule has 94 valence electrons. The van der Waals surface area contributed by atoms with Gasteiger partial charge < -0.3 is 5.32 Å². The SMILES string of the molecule is Cc1cc(NCc2cc(F)cc(Cl)c2)cnc1Cl. The minimum atomic E-state index is -0.343. The minimum absolute atomic E-state index is 0.343. The number of rotatable bonds is 3. The number of hydrogen-bond donors (Lipinski definition) is 1. The van der Waals surface area contributed by atoms with E-state index in [-0.39, 0.29) is 5.82 Å². The van der Waals surface area contributed by atoms with Gasteiger partial charge in [0.15, 0.2) is 0 Å². The normalized spacial score (nSPS) is 10.4. The van der Waals surface area contributed by atoms with Crippen LogP contribution in [0.15, 0.2) is 30.5 Å². The molecule has 18 heavy (non-hydrogen) atoms. The lowest BCUT2D eigenvalue weighted by molar-refractivity contribution is 0.626. The number of pyridine rings is 1. The first-order valence-corrected chi connectivity index (χ1v) is 6.11. The molecule has 2 nitrogen and oxygen atoms in total. The zero-order chi connectivity index (χ0) is 13.1. The van der Waals surface area contributed by atoms with Gasteiger partial charge in [0, 0.05) is 11.6 Å². The number of benzene rings is 1. The van der Waals surface area contributed by atoms with Crippen molar-refractivity contribution in [2.45, 2.75) is 13.5 Å². The fraction of sp³-hybridized carbons (Fsp3) is 0.154. The molecule has 0 fully saturated rings. The highest BCUT2D eigenvalue weighted by atomic mass is 35.5. The van der Waals surface area contributed by atoms with Gasteiger partial charge in [-0.25, -0.2) is 9.37 Å². The van der Waals surface area contributed by atoms with Crippen molar-refractivity contribution in [1.82, 2.24) is 4.98 Å². The summed E-state index contributed by atoms with van der Waals surface area (Å²) in [6.45, 7) is 2.35. The molecule has 0 aliphatic heterocycles. The van der Waals surface area contributed by atoms with E-state index in [4.69, 9.17) is 23.2 Å². The molecule has 0 saturated carbocycles. The Bertz CT molecular complexity index is 553. The highest BCUT2D eigenvalue weighted by molar-refractivity contribution is 6.30. The number of aryl methyl sites for hydroxylation is 1. The molecule has 2 aromatic rings. The molecule has 0 bridgehead atoms. The van der Waals surface area contributed by atoms with Crippen molar-refractivity contribution in [2.75, 3.05) is 5.32 Å². The molecular weight excluding hydrogens is 274 g/mol. The van der Waals surface area contributed by atoms with Crippen LogP contribution >= 0.6 is 23.2 Å². The fourth-order valence-electron chi connectivity index (χ4n) is 1.57. The van der Waals surface area contributed by atoms with E-state index in [9.17, 15) is 4.39 Å². The Balaban J connectivity index is 2.08. The topological polar surface area (TPSA) is 24.9 Å². The number of aromatic nitrogens is 1.